The number of aromatic amines is 1. The molecule has 0 bridgehead atoms. The minimum absolute atomic E-state index is 0.163. The number of aromatic nitrogens is 1. The van der Waals surface area contributed by atoms with Crippen LogP contribution in [0.15, 0.2) is 77.2 Å². The third-order valence-corrected chi connectivity index (χ3v) is 7.27. The van der Waals surface area contributed by atoms with Crippen molar-refractivity contribution in [2.75, 3.05) is 26.1 Å². The van der Waals surface area contributed by atoms with Crippen LogP contribution < -0.4 is 14.8 Å². The molecule has 0 atom stereocenters. The lowest BCUT2D eigenvalue weighted by molar-refractivity contribution is 0.0703. The molecule has 3 heterocycles. The molecule has 0 saturated carbocycles. The van der Waals surface area contributed by atoms with Gasteiger partial charge >= 0.3 is 0 Å². The van der Waals surface area contributed by atoms with Crippen molar-refractivity contribution < 1.29 is 23.5 Å². The van der Waals surface area contributed by atoms with E-state index in [9.17, 15) is 9.59 Å². The number of anilines is 1. The maximum atomic E-state index is 13.3. The molecule has 0 aliphatic carbocycles. The van der Waals surface area contributed by atoms with Crippen LogP contribution in [-0.2, 0) is 13.0 Å². The molecule has 3 aromatic carbocycles. The fraction of sp³-hybridized carbons (Fsp3) is 0.188. The standard InChI is InChI=1S/C32H29N3O5/c1-19-4-9-25-22(14-19)15-26(34-25)31(36)33-24-7-5-20(6-8-24)27-10-11-28(40-27)32(37)35-13-12-21-16-29(38-2)30(39-3)17-23(21)18-35/h4-11,14-17,34H,12-13,18H2,1-3H3,(H,33,36). The molecule has 0 unspecified atom stereocenters. The summed E-state index contributed by atoms with van der Waals surface area (Å²) in [4.78, 5) is 31.0. The minimum Gasteiger partial charge on any atom is -0.493 e. The summed E-state index contributed by atoms with van der Waals surface area (Å²) in [6.07, 6.45) is 0.723. The van der Waals surface area contributed by atoms with Gasteiger partial charge in [-0.25, -0.2) is 0 Å². The highest BCUT2D eigenvalue weighted by atomic mass is 16.5. The van der Waals surface area contributed by atoms with Gasteiger partial charge in [0.15, 0.2) is 17.3 Å². The number of rotatable bonds is 6. The second-order valence-corrected chi connectivity index (χ2v) is 9.92. The van der Waals surface area contributed by atoms with Crippen LogP contribution >= 0.6 is 0 Å². The van der Waals surface area contributed by atoms with E-state index in [1.165, 1.54) is 0 Å². The normalized spacial score (nSPS) is 12.7. The maximum absolute atomic E-state index is 13.3. The first-order valence-corrected chi connectivity index (χ1v) is 13.1. The molecule has 8 heteroatoms. The van der Waals surface area contributed by atoms with Gasteiger partial charge < -0.3 is 29.1 Å². The van der Waals surface area contributed by atoms with Crippen LogP contribution in [0.25, 0.3) is 22.2 Å². The zero-order valence-corrected chi connectivity index (χ0v) is 22.5. The number of H-pyrrole nitrogens is 1. The Hall–Kier alpha value is -4.98. The van der Waals surface area contributed by atoms with Crippen molar-refractivity contribution in [3.05, 3.63) is 101 Å². The third-order valence-electron chi connectivity index (χ3n) is 7.27. The highest BCUT2D eigenvalue weighted by Gasteiger charge is 2.26. The second-order valence-electron chi connectivity index (χ2n) is 9.92. The fourth-order valence-electron chi connectivity index (χ4n) is 5.11. The summed E-state index contributed by atoms with van der Waals surface area (Å²) >= 11 is 0. The summed E-state index contributed by atoms with van der Waals surface area (Å²) < 4.78 is 16.8. The number of carbonyl (C=O) groups excluding carboxylic acids is 2. The molecule has 1 aliphatic rings. The summed E-state index contributed by atoms with van der Waals surface area (Å²) in [6, 6.07) is 22.6. The van der Waals surface area contributed by atoms with Gasteiger partial charge in [-0.3, -0.25) is 9.59 Å². The number of hydrogen-bond acceptors (Lipinski definition) is 5. The van der Waals surface area contributed by atoms with E-state index in [-0.39, 0.29) is 17.6 Å². The minimum atomic E-state index is -0.216. The van der Waals surface area contributed by atoms with Crippen molar-refractivity contribution in [3.63, 3.8) is 0 Å². The summed E-state index contributed by atoms with van der Waals surface area (Å²) in [5, 5.41) is 3.92. The predicted octanol–water partition coefficient (Wildman–Crippen LogP) is 6.20. The molecule has 0 spiro atoms. The van der Waals surface area contributed by atoms with Crippen LogP contribution in [0.3, 0.4) is 0 Å². The average molecular weight is 536 g/mol. The Kier molecular flexibility index (Phi) is 6.51. The van der Waals surface area contributed by atoms with Gasteiger partial charge in [0.1, 0.15) is 11.5 Å². The van der Waals surface area contributed by atoms with Crippen molar-refractivity contribution in [1.82, 2.24) is 9.88 Å². The highest BCUT2D eigenvalue weighted by molar-refractivity contribution is 6.06. The Morgan fingerprint density at radius 3 is 2.40 bits per heavy atom. The molecule has 1 aliphatic heterocycles. The SMILES string of the molecule is COc1cc2c(cc1OC)CN(C(=O)c1ccc(-c3ccc(NC(=O)c4cc5cc(C)ccc5[nH]4)cc3)o1)CC2. The molecule has 6 rings (SSSR count). The Morgan fingerprint density at radius 1 is 0.900 bits per heavy atom. The van der Waals surface area contributed by atoms with Crippen LogP contribution in [0.1, 0.15) is 37.7 Å². The Labute approximate surface area is 231 Å². The third kappa shape index (κ3) is 4.80. The number of aryl methyl sites for hydroxylation is 1. The van der Waals surface area contributed by atoms with Gasteiger partial charge in [0.05, 0.1) is 14.2 Å². The number of furan rings is 1. The zero-order chi connectivity index (χ0) is 27.8. The van der Waals surface area contributed by atoms with Crippen LogP contribution in [0.4, 0.5) is 5.69 Å². The first-order valence-electron chi connectivity index (χ1n) is 13.1. The van der Waals surface area contributed by atoms with Crippen LogP contribution in [-0.4, -0.2) is 42.5 Å². The number of nitrogens with zero attached hydrogens (tertiary/aromatic N) is 1. The zero-order valence-electron chi connectivity index (χ0n) is 22.5. The van der Waals surface area contributed by atoms with E-state index in [4.69, 9.17) is 13.9 Å². The number of fused-ring (bicyclic) bond motifs is 2. The van der Waals surface area contributed by atoms with E-state index in [1.807, 2.05) is 67.6 Å². The Balaban J connectivity index is 1.12. The molecule has 0 fully saturated rings. The van der Waals surface area contributed by atoms with Crippen molar-refractivity contribution in [3.8, 4) is 22.8 Å². The van der Waals surface area contributed by atoms with E-state index in [0.29, 0.717) is 41.7 Å². The smallest absolute Gasteiger partial charge is 0.289 e. The summed E-state index contributed by atoms with van der Waals surface area (Å²) in [7, 11) is 3.22. The van der Waals surface area contributed by atoms with E-state index in [0.717, 1.165) is 39.6 Å². The molecule has 2 aromatic heterocycles. The quantitative estimate of drug-likeness (QED) is 0.270. The van der Waals surface area contributed by atoms with Crippen molar-refractivity contribution in [1.29, 1.82) is 0 Å². The lowest BCUT2D eigenvalue weighted by atomic mass is 9.98. The van der Waals surface area contributed by atoms with Gasteiger partial charge in [0.2, 0.25) is 0 Å². The van der Waals surface area contributed by atoms with Gasteiger partial charge in [-0.2, -0.15) is 0 Å². The highest BCUT2D eigenvalue weighted by Crippen LogP contribution is 2.34. The van der Waals surface area contributed by atoms with Gasteiger partial charge in [0.25, 0.3) is 11.8 Å². The number of hydrogen-bond donors (Lipinski definition) is 2. The number of benzene rings is 3. The van der Waals surface area contributed by atoms with Crippen molar-refractivity contribution >= 4 is 28.4 Å². The molecule has 202 valence electrons. The number of carbonyl (C=O) groups is 2. The van der Waals surface area contributed by atoms with E-state index in [2.05, 4.69) is 10.3 Å². The first kappa shape index (κ1) is 25.3. The van der Waals surface area contributed by atoms with E-state index in [1.54, 1.807) is 31.3 Å². The number of ether oxygens (including phenoxy) is 2. The number of amides is 2. The molecule has 2 N–H and O–H groups in total. The van der Waals surface area contributed by atoms with Gasteiger partial charge in [-0.05, 0) is 91.2 Å². The molecule has 40 heavy (non-hydrogen) atoms. The molecule has 0 saturated heterocycles. The maximum Gasteiger partial charge on any atom is 0.289 e. The van der Waals surface area contributed by atoms with Crippen LogP contribution in [0.5, 0.6) is 11.5 Å². The van der Waals surface area contributed by atoms with Crippen LogP contribution in [0.2, 0.25) is 0 Å². The molecule has 5 aromatic rings. The molecular weight excluding hydrogens is 506 g/mol. The monoisotopic (exact) mass is 535 g/mol. The molecule has 8 nitrogen and oxygen atoms in total. The van der Waals surface area contributed by atoms with E-state index >= 15 is 0 Å². The second kappa shape index (κ2) is 10.3. The summed E-state index contributed by atoms with van der Waals surface area (Å²) in [5.41, 5.74) is 6.20. The van der Waals surface area contributed by atoms with Crippen molar-refractivity contribution in [2.24, 2.45) is 0 Å². The van der Waals surface area contributed by atoms with Crippen LogP contribution in [0, 0.1) is 6.92 Å². The van der Waals surface area contributed by atoms with Gasteiger partial charge in [-0.15, -0.1) is 0 Å². The lowest BCUT2D eigenvalue weighted by Crippen LogP contribution is -2.35. The summed E-state index contributed by atoms with van der Waals surface area (Å²) in [6.45, 7) is 3.07. The molecular formula is C32H29N3O5. The topological polar surface area (TPSA) is 96.8 Å². The predicted molar refractivity (Wildman–Crippen MR) is 153 cm³/mol. The number of methoxy groups -OCH3 is 2. The number of nitrogens with one attached hydrogen (secondary N) is 2. The summed E-state index contributed by atoms with van der Waals surface area (Å²) in [5.74, 6) is 1.82. The first-order chi connectivity index (χ1) is 19.4. The van der Waals surface area contributed by atoms with Crippen molar-refractivity contribution in [2.45, 2.75) is 19.9 Å². The van der Waals surface area contributed by atoms with Gasteiger partial charge in [0, 0.05) is 35.2 Å². The Morgan fingerprint density at radius 2 is 1.65 bits per heavy atom. The largest absolute Gasteiger partial charge is 0.493 e. The Bertz CT molecular complexity index is 1730. The molecule has 0 radical (unpaired) electrons. The van der Waals surface area contributed by atoms with E-state index < -0.39 is 0 Å². The van der Waals surface area contributed by atoms with Gasteiger partial charge in [-0.1, -0.05) is 11.6 Å². The lowest BCUT2D eigenvalue weighted by Gasteiger charge is -2.29. The molecule has 2 amide bonds. The fourth-order valence-corrected chi connectivity index (χ4v) is 5.11. The average Bonchev–Trinajstić information content (AvgIpc) is 3.64.